The summed E-state index contributed by atoms with van der Waals surface area (Å²) in [5, 5.41) is 8.41. The number of benzene rings is 1. The van der Waals surface area contributed by atoms with Crippen molar-refractivity contribution >= 4 is 22.5 Å². The highest BCUT2D eigenvalue weighted by Crippen LogP contribution is 2.30. The van der Waals surface area contributed by atoms with Crippen molar-refractivity contribution in [2.75, 3.05) is 32.6 Å². The number of nitrogens with zero attached hydrogens (tertiary/aromatic N) is 5. The van der Waals surface area contributed by atoms with E-state index in [1.165, 1.54) is 11.2 Å². The molecule has 0 saturated carbocycles. The van der Waals surface area contributed by atoms with E-state index in [-0.39, 0.29) is 0 Å². The lowest BCUT2D eigenvalue weighted by Crippen LogP contribution is -3.06. The fourth-order valence-electron chi connectivity index (χ4n) is 3.01. The highest BCUT2D eigenvalue weighted by molar-refractivity contribution is 5.91. The largest absolute Gasteiger partial charge is 0.486 e. The third kappa shape index (κ3) is 5.07. The fraction of sp³-hybridized carbons (Fsp3) is 0.273. The Morgan fingerprint density at radius 3 is 2.68 bits per heavy atom. The van der Waals surface area contributed by atoms with E-state index in [2.05, 4.69) is 39.5 Å². The van der Waals surface area contributed by atoms with Crippen LogP contribution >= 0.6 is 0 Å². The van der Waals surface area contributed by atoms with Crippen LogP contribution in [-0.2, 0) is 7.05 Å². The summed E-state index contributed by atoms with van der Waals surface area (Å²) in [6, 6.07) is 9.47. The predicted octanol–water partition coefficient (Wildman–Crippen LogP) is 2.13. The van der Waals surface area contributed by atoms with Crippen molar-refractivity contribution in [2.45, 2.75) is 6.92 Å². The summed E-state index contributed by atoms with van der Waals surface area (Å²) >= 11 is 0. The van der Waals surface area contributed by atoms with Gasteiger partial charge in [0.1, 0.15) is 36.8 Å². The molecule has 0 aliphatic heterocycles. The molecule has 0 bridgehead atoms. The number of nitrogens with one attached hydrogen (secondary N) is 2. The first-order valence-corrected chi connectivity index (χ1v) is 10.1. The van der Waals surface area contributed by atoms with E-state index in [1.54, 1.807) is 10.9 Å². The number of pyridine rings is 1. The molecule has 2 N–H and O–H groups in total. The second-order valence-corrected chi connectivity index (χ2v) is 7.60. The molecule has 0 spiro atoms. The molecule has 4 aromatic rings. The Kier molecular flexibility index (Phi) is 5.94. The number of likely N-dealkylation sites (N-methyl/N-ethyl adjacent to an activating group) is 1. The Hall–Kier alpha value is -3.72. The zero-order chi connectivity index (χ0) is 21.8. The van der Waals surface area contributed by atoms with Crippen molar-refractivity contribution in [3.8, 4) is 17.4 Å². The molecule has 9 nitrogen and oxygen atoms in total. The van der Waals surface area contributed by atoms with Crippen LogP contribution in [0.1, 0.15) is 5.56 Å². The molecular weight excluding hydrogens is 394 g/mol. The maximum absolute atomic E-state index is 6.05. The summed E-state index contributed by atoms with van der Waals surface area (Å²) in [6.45, 7) is 3.51. The van der Waals surface area contributed by atoms with Crippen LogP contribution in [0.4, 0.5) is 11.6 Å². The number of anilines is 2. The second-order valence-electron chi connectivity index (χ2n) is 7.60. The number of hydrogen-bond acceptors (Lipinski definition) is 7. The Labute approximate surface area is 180 Å². The molecule has 0 amide bonds. The van der Waals surface area contributed by atoms with Gasteiger partial charge in [-0.3, -0.25) is 4.68 Å². The van der Waals surface area contributed by atoms with Crippen LogP contribution in [0.3, 0.4) is 0 Å². The van der Waals surface area contributed by atoms with Crippen molar-refractivity contribution in [3.05, 3.63) is 54.6 Å². The lowest BCUT2D eigenvalue weighted by atomic mass is 10.2. The van der Waals surface area contributed by atoms with Gasteiger partial charge in [-0.2, -0.15) is 5.10 Å². The molecule has 0 fully saturated rings. The van der Waals surface area contributed by atoms with E-state index in [9.17, 15) is 0 Å². The van der Waals surface area contributed by atoms with E-state index in [0.29, 0.717) is 29.9 Å². The second kappa shape index (κ2) is 8.97. The van der Waals surface area contributed by atoms with Crippen LogP contribution in [0.15, 0.2) is 49.1 Å². The quantitative estimate of drug-likeness (QED) is 0.451. The minimum absolute atomic E-state index is 0.529. The van der Waals surface area contributed by atoms with Crippen molar-refractivity contribution in [3.63, 3.8) is 0 Å². The van der Waals surface area contributed by atoms with Crippen LogP contribution in [-0.4, -0.2) is 52.0 Å². The number of ether oxygens (including phenoxy) is 2. The normalized spacial score (nSPS) is 11.1. The van der Waals surface area contributed by atoms with Gasteiger partial charge < -0.3 is 19.7 Å². The molecule has 9 heteroatoms. The number of quaternary nitrogens is 1. The summed E-state index contributed by atoms with van der Waals surface area (Å²) in [5.74, 6) is 3.27. The fourth-order valence-corrected chi connectivity index (χ4v) is 3.01. The first-order chi connectivity index (χ1) is 15.0. The van der Waals surface area contributed by atoms with Gasteiger partial charge in [0.05, 0.1) is 25.8 Å². The minimum atomic E-state index is 0.529. The molecule has 0 radical (unpaired) electrons. The van der Waals surface area contributed by atoms with E-state index < -0.39 is 0 Å². The molecule has 3 aromatic heterocycles. The van der Waals surface area contributed by atoms with Crippen molar-refractivity contribution in [2.24, 2.45) is 7.05 Å². The average Bonchev–Trinajstić information content (AvgIpc) is 3.15. The van der Waals surface area contributed by atoms with Gasteiger partial charge in [-0.05, 0) is 31.2 Å². The smallest absolute Gasteiger partial charge is 0.222 e. The van der Waals surface area contributed by atoms with Gasteiger partial charge in [-0.1, -0.05) is 0 Å². The summed E-state index contributed by atoms with van der Waals surface area (Å²) in [6.07, 6.45) is 5.08. The number of hydrogen-bond donors (Lipinski definition) is 2. The molecule has 0 aliphatic carbocycles. The van der Waals surface area contributed by atoms with Gasteiger partial charge in [0.25, 0.3) is 0 Å². The number of aromatic nitrogens is 5. The van der Waals surface area contributed by atoms with E-state index in [4.69, 9.17) is 9.47 Å². The van der Waals surface area contributed by atoms with Crippen molar-refractivity contribution < 1.29 is 14.4 Å². The van der Waals surface area contributed by atoms with Gasteiger partial charge in [0.15, 0.2) is 5.82 Å². The summed E-state index contributed by atoms with van der Waals surface area (Å²) in [5.41, 5.74) is 1.70. The SMILES string of the molecule is Cc1cc(OCC[NH+](C)C)cnc1Oc1ccc2ncnc(Nc3ccn(C)n3)c2c1. The van der Waals surface area contributed by atoms with Gasteiger partial charge in [0.2, 0.25) is 5.88 Å². The first kappa shape index (κ1) is 20.5. The molecule has 0 saturated heterocycles. The standard InChI is InChI=1S/C22H25N7O2/c1-15-11-17(30-10-9-28(2)3)13-23-22(15)31-16-5-6-19-18(12-16)21(25-14-24-19)26-20-7-8-29(4)27-20/h5-8,11-14H,9-10H2,1-4H3,(H,24,25,26,27)/p+1. The summed E-state index contributed by atoms with van der Waals surface area (Å²) < 4.78 is 13.5. The van der Waals surface area contributed by atoms with Crippen LogP contribution in [0.25, 0.3) is 10.9 Å². The molecule has 0 aliphatic rings. The van der Waals surface area contributed by atoms with Crippen LogP contribution in [0.5, 0.6) is 17.4 Å². The maximum atomic E-state index is 6.05. The lowest BCUT2D eigenvalue weighted by Gasteiger charge is -2.12. The summed E-state index contributed by atoms with van der Waals surface area (Å²) in [7, 11) is 6.05. The number of fused-ring (bicyclic) bond motifs is 1. The topological polar surface area (TPSA) is 91.4 Å². The highest BCUT2D eigenvalue weighted by atomic mass is 16.5. The van der Waals surface area contributed by atoms with Crippen molar-refractivity contribution in [1.82, 2.24) is 24.7 Å². The monoisotopic (exact) mass is 420 g/mol. The van der Waals surface area contributed by atoms with Crippen LogP contribution in [0, 0.1) is 6.92 Å². The van der Waals surface area contributed by atoms with E-state index >= 15 is 0 Å². The lowest BCUT2D eigenvalue weighted by molar-refractivity contribution is -0.858. The van der Waals surface area contributed by atoms with Gasteiger partial charge in [0, 0.05) is 30.3 Å². The minimum Gasteiger partial charge on any atom is -0.486 e. The highest BCUT2D eigenvalue weighted by Gasteiger charge is 2.10. The Balaban J connectivity index is 1.54. The van der Waals surface area contributed by atoms with Crippen LogP contribution < -0.4 is 19.7 Å². The third-order valence-electron chi connectivity index (χ3n) is 4.66. The maximum Gasteiger partial charge on any atom is 0.222 e. The average molecular weight is 420 g/mol. The number of rotatable bonds is 8. The Morgan fingerprint density at radius 1 is 1.06 bits per heavy atom. The molecule has 31 heavy (non-hydrogen) atoms. The van der Waals surface area contributed by atoms with Gasteiger partial charge >= 0.3 is 0 Å². The van der Waals surface area contributed by atoms with Gasteiger partial charge in [-0.15, -0.1) is 0 Å². The number of aryl methyl sites for hydroxylation is 2. The molecule has 0 atom stereocenters. The van der Waals surface area contributed by atoms with Crippen LogP contribution in [0.2, 0.25) is 0 Å². The van der Waals surface area contributed by atoms with E-state index in [1.807, 2.05) is 50.5 Å². The van der Waals surface area contributed by atoms with Gasteiger partial charge in [-0.25, -0.2) is 15.0 Å². The van der Waals surface area contributed by atoms with Crippen molar-refractivity contribution in [1.29, 1.82) is 0 Å². The third-order valence-corrected chi connectivity index (χ3v) is 4.66. The molecule has 3 heterocycles. The first-order valence-electron chi connectivity index (χ1n) is 10.1. The molecule has 1 aromatic carbocycles. The Morgan fingerprint density at radius 2 is 1.94 bits per heavy atom. The molecule has 0 unspecified atom stereocenters. The zero-order valence-electron chi connectivity index (χ0n) is 18.1. The Bertz CT molecular complexity index is 1190. The predicted molar refractivity (Wildman–Crippen MR) is 118 cm³/mol. The summed E-state index contributed by atoms with van der Waals surface area (Å²) in [4.78, 5) is 14.5. The zero-order valence-corrected chi connectivity index (χ0v) is 18.1. The molecule has 4 rings (SSSR count). The molecule has 160 valence electrons. The van der Waals surface area contributed by atoms with E-state index in [0.717, 1.165) is 28.8 Å². The molecular formula is C22H26N7O2+.